The summed E-state index contributed by atoms with van der Waals surface area (Å²) < 4.78 is 5.97. The molecule has 0 aliphatic carbocycles. The number of carbonyl (C=O) groups excluding carboxylic acids is 1. The van der Waals surface area contributed by atoms with E-state index in [1.165, 1.54) is 6.20 Å². The van der Waals surface area contributed by atoms with Gasteiger partial charge in [-0.05, 0) is 40.5 Å². The second-order valence-electron chi connectivity index (χ2n) is 4.97. The monoisotopic (exact) mass is 392 g/mol. The quantitative estimate of drug-likeness (QED) is 0.811. The Morgan fingerprint density at radius 3 is 2.50 bits per heavy atom. The normalized spacial score (nSPS) is 11.6. The molecule has 1 amide bonds. The van der Waals surface area contributed by atoms with Crippen LogP contribution in [0.25, 0.3) is 0 Å². The molecule has 0 aliphatic rings. The number of amides is 1. The first-order valence-electron chi connectivity index (χ1n) is 7.34. The number of ether oxygens (including phenoxy) is 1. The molecule has 0 radical (unpaired) electrons. The average molecular weight is 393 g/mol. The lowest BCUT2D eigenvalue weighted by atomic mass is 10.1. The van der Waals surface area contributed by atoms with Gasteiger partial charge >= 0.3 is 12.1 Å². The Bertz CT molecular complexity index is 691. The summed E-state index contributed by atoms with van der Waals surface area (Å²) in [7, 11) is 0. The van der Waals surface area contributed by atoms with Gasteiger partial charge in [-0.25, -0.2) is 9.59 Å². The Labute approximate surface area is 148 Å². The van der Waals surface area contributed by atoms with Crippen molar-refractivity contribution in [3.05, 3.63) is 64.4 Å². The maximum Gasteiger partial charge on any atom is 0.411 e. The number of hydrogen-bond donors (Lipinski definition) is 1. The number of pyridine rings is 1. The SMILES string of the molecule is CCN(C(=O)OCc1ccccc1)C(C(=O)O)c1ccc(Br)cn1. The van der Waals surface area contributed by atoms with E-state index >= 15 is 0 Å². The summed E-state index contributed by atoms with van der Waals surface area (Å²) in [6.45, 7) is 1.96. The summed E-state index contributed by atoms with van der Waals surface area (Å²) in [5.74, 6) is -1.16. The number of carbonyl (C=O) groups is 2. The van der Waals surface area contributed by atoms with Gasteiger partial charge in [0, 0.05) is 17.2 Å². The molecule has 7 heteroatoms. The van der Waals surface area contributed by atoms with Crippen LogP contribution in [0.2, 0.25) is 0 Å². The molecule has 1 aromatic carbocycles. The number of likely N-dealkylation sites (N-methyl/N-ethyl adjacent to an activating group) is 1. The van der Waals surface area contributed by atoms with Gasteiger partial charge in [0.25, 0.3) is 0 Å². The Hall–Kier alpha value is -2.41. The Morgan fingerprint density at radius 1 is 1.25 bits per heavy atom. The van der Waals surface area contributed by atoms with E-state index in [4.69, 9.17) is 4.74 Å². The van der Waals surface area contributed by atoms with Crippen LogP contribution in [0.3, 0.4) is 0 Å². The number of benzene rings is 1. The number of halogens is 1. The van der Waals surface area contributed by atoms with Crippen LogP contribution < -0.4 is 0 Å². The first kappa shape index (κ1) is 17.9. The molecule has 0 saturated heterocycles. The molecular weight excluding hydrogens is 376 g/mol. The van der Waals surface area contributed by atoms with Crippen LogP contribution in [0.5, 0.6) is 0 Å². The molecule has 1 unspecified atom stereocenters. The Kier molecular flexibility index (Phi) is 6.31. The molecule has 0 fully saturated rings. The van der Waals surface area contributed by atoms with E-state index in [9.17, 15) is 14.7 Å². The molecule has 1 aromatic heterocycles. The average Bonchev–Trinajstić information content (AvgIpc) is 2.59. The molecule has 0 saturated carbocycles. The lowest BCUT2D eigenvalue weighted by Gasteiger charge is -2.26. The highest BCUT2D eigenvalue weighted by Crippen LogP contribution is 2.22. The minimum Gasteiger partial charge on any atom is -0.479 e. The van der Waals surface area contributed by atoms with Gasteiger partial charge in [0.1, 0.15) is 6.61 Å². The zero-order valence-electron chi connectivity index (χ0n) is 13.1. The minimum atomic E-state index is -1.20. The lowest BCUT2D eigenvalue weighted by molar-refractivity contribution is -0.143. The predicted octanol–water partition coefficient (Wildman–Crippen LogP) is 3.63. The summed E-state index contributed by atoms with van der Waals surface area (Å²) in [5, 5.41) is 9.53. The highest BCUT2D eigenvalue weighted by Gasteiger charge is 2.32. The Balaban J connectivity index is 2.15. The van der Waals surface area contributed by atoms with Crippen LogP contribution in [0, 0.1) is 0 Å². The van der Waals surface area contributed by atoms with E-state index in [0.717, 1.165) is 14.9 Å². The number of aliphatic carboxylic acids is 1. The number of carboxylic acids is 1. The highest BCUT2D eigenvalue weighted by atomic mass is 79.9. The number of aromatic nitrogens is 1. The highest BCUT2D eigenvalue weighted by molar-refractivity contribution is 9.10. The van der Waals surface area contributed by atoms with Gasteiger partial charge in [0.2, 0.25) is 0 Å². The van der Waals surface area contributed by atoms with E-state index in [1.807, 2.05) is 30.3 Å². The van der Waals surface area contributed by atoms with E-state index in [1.54, 1.807) is 19.1 Å². The van der Waals surface area contributed by atoms with Crippen molar-refractivity contribution < 1.29 is 19.4 Å². The fraction of sp³-hybridized carbons (Fsp3) is 0.235. The van der Waals surface area contributed by atoms with E-state index < -0.39 is 18.1 Å². The summed E-state index contributed by atoms with van der Waals surface area (Å²) in [6.07, 6.45) is 0.799. The Morgan fingerprint density at radius 2 is 1.96 bits per heavy atom. The lowest BCUT2D eigenvalue weighted by Crippen LogP contribution is -2.39. The van der Waals surface area contributed by atoms with Crippen molar-refractivity contribution in [2.24, 2.45) is 0 Å². The first-order chi connectivity index (χ1) is 11.5. The van der Waals surface area contributed by atoms with Crippen molar-refractivity contribution >= 4 is 28.0 Å². The van der Waals surface area contributed by atoms with Crippen LogP contribution in [-0.2, 0) is 16.1 Å². The molecule has 6 nitrogen and oxygen atoms in total. The van der Waals surface area contributed by atoms with Crippen molar-refractivity contribution in [1.82, 2.24) is 9.88 Å². The smallest absolute Gasteiger partial charge is 0.411 e. The molecule has 24 heavy (non-hydrogen) atoms. The molecule has 0 spiro atoms. The molecule has 1 heterocycles. The summed E-state index contributed by atoms with van der Waals surface area (Å²) in [6, 6.07) is 11.2. The summed E-state index contributed by atoms with van der Waals surface area (Å²) in [5.41, 5.74) is 1.10. The maximum absolute atomic E-state index is 12.3. The van der Waals surface area contributed by atoms with Crippen LogP contribution in [0.1, 0.15) is 24.2 Å². The zero-order chi connectivity index (χ0) is 17.5. The van der Waals surface area contributed by atoms with Gasteiger partial charge < -0.3 is 9.84 Å². The van der Waals surface area contributed by atoms with Gasteiger partial charge in [0.05, 0.1) is 5.69 Å². The topological polar surface area (TPSA) is 79.7 Å². The molecule has 0 bridgehead atoms. The molecule has 2 rings (SSSR count). The predicted molar refractivity (Wildman–Crippen MR) is 91.3 cm³/mol. The van der Waals surface area contributed by atoms with E-state index in [0.29, 0.717) is 0 Å². The standard InChI is InChI=1S/C17H17BrN2O4/c1-2-20(17(23)24-11-12-6-4-3-5-7-12)15(16(21)22)14-9-8-13(18)10-19-14/h3-10,15H,2,11H2,1H3,(H,21,22). The molecular formula is C17H17BrN2O4. The van der Waals surface area contributed by atoms with Crippen molar-refractivity contribution in [2.45, 2.75) is 19.6 Å². The van der Waals surface area contributed by atoms with Crippen molar-refractivity contribution in [3.63, 3.8) is 0 Å². The zero-order valence-corrected chi connectivity index (χ0v) is 14.6. The molecule has 1 atom stereocenters. The number of nitrogens with zero attached hydrogens (tertiary/aromatic N) is 2. The third-order valence-electron chi connectivity index (χ3n) is 3.36. The number of rotatable bonds is 6. The molecule has 2 aromatic rings. The minimum absolute atomic E-state index is 0.0796. The van der Waals surface area contributed by atoms with Crippen molar-refractivity contribution in [1.29, 1.82) is 0 Å². The molecule has 126 valence electrons. The second kappa shape index (κ2) is 8.44. The van der Waals surface area contributed by atoms with E-state index in [-0.39, 0.29) is 18.8 Å². The van der Waals surface area contributed by atoms with Crippen LogP contribution in [0.15, 0.2) is 53.1 Å². The van der Waals surface area contributed by atoms with Gasteiger partial charge in [0.15, 0.2) is 6.04 Å². The van der Waals surface area contributed by atoms with Gasteiger partial charge in [-0.3, -0.25) is 9.88 Å². The van der Waals surface area contributed by atoms with Gasteiger partial charge in [-0.2, -0.15) is 0 Å². The van der Waals surface area contributed by atoms with E-state index in [2.05, 4.69) is 20.9 Å². The summed E-state index contributed by atoms with van der Waals surface area (Å²) in [4.78, 5) is 29.2. The van der Waals surface area contributed by atoms with Crippen molar-refractivity contribution in [3.8, 4) is 0 Å². The van der Waals surface area contributed by atoms with Crippen LogP contribution in [-0.4, -0.2) is 33.6 Å². The number of carboxylic acid groups (broad SMARTS) is 1. The summed E-state index contributed by atoms with van der Waals surface area (Å²) >= 11 is 3.25. The van der Waals surface area contributed by atoms with Crippen LogP contribution in [0.4, 0.5) is 4.79 Å². The maximum atomic E-state index is 12.3. The fourth-order valence-corrected chi connectivity index (χ4v) is 2.42. The largest absolute Gasteiger partial charge is 0.479 e. The fourth-order valence-electron chi connectivity index (χ4n) is 2.19. The molecule has 0 aliphatic heterocycles. The number of hydrogen-bond acceptors (Lipinski definition) is 4. The van der Waals surface area contributed by atoms with Gasteiger partial charge in [-0.1, -0.05) is 30.3 Å². The van der Waals surface area contributed by atoms with Crippen LogP contribution >= 0.6 is 15.9 Å². The van der Waals surface area contributed by atoms with Crippen molar-refractivity contribution in [2.75, 3.05) is 6.54 Å². The molecule has 1 N–H and O–H groups in total. The first-order valence-corrected chi connectivity index (χ1v) is 8.13. The third kappa shape index (κ3) is 4.55. The van der Waals surface area contributed by atoms with Gasteiger partial charge in [-0.15, -0.1) is 0 Å². The second-order valence-corrected chi connectivity index (χ2v) is 5.88. The third-order valence-corrected chi connectivity index (χ3v) is 3.83.